The van der Waals surface area contributed by atoms with Crippen LogP contribution in [0.3, 0.4) is 0 Å². The van der Waals surface area contributed by atoms with Crippen molar-refractivity contribution in [1.29, 1.82) is 0 Å². The summed E-state index contributed by atoms with van der Waals surface area (Å²) in [7, 11) is 0. The Labute approximate surface area is 113 Å². The molecule has 0 aliphatic heterocycles. The molecule has 6 nitrogen and oxygen atoms in total. The van der Waals surface area contributed by atoms with Crippen LogP contribution in [0.4, 0.5) is 0 Å². The fraction of sp³-hybridized carbons (Fsp3) is 0.0833. The molecule has 3 heterocycles. The average Bonchev–Trinajstić information content (AvgIpc) is 2.96. The van der Waals surface area contributed by atoms with Crippen LogP contribution in [0, 0.1) is 0 Å². The number of hydrogen-bond acceptors (Lipinski definition) is 7. The van der Waals surface area contributed by atoms with Crippen molar-refractivity contribution in [2.75, 3.05) is 0 Å². The first-order chi connectivity index (χ1) is 9.42. The summed E-state index contributed by atoms with van der Waals surface area (Å²) in [6, 6.07) is 3.90. The second-order valence-electron chi connectivity index (χ2n) is 3.61. The Balaban J connectivity index is 1.69. The van der Waals surface area contributed by atoms with Crippen LogP contribution >= 0.6 is 11.8 Å². The Morgan fingerprint density at radius 1 is 1.00 bits per heavy atom. The maximum absolute atomic E-state index is 5.51. The molecule has 0 amide bonds. The average molecular weight is 271 g/mol. The topological polar surface area (TPSA) is 77.6 Å². The van der Waals surface area contributed by atoms with Crippen molar-refractivity contribution in [1.82, 2.24) is 25.1 Å². The molecular weight excluding hydrogens is 262 g/mol. The van der Waals surface area contributed by atoms with E-state index in [9.17, 15) is 0 Å². The highest BCUT2D eigenvalue weighted by Gasteiger charge is 2.10. The van der Waals surface area contributed by atoms with E-state index in [0.717, 1.165) is 11.3 Å². The number of hydrogen-bond donors (Lipinski definition) is 0. The van der Waals surface area contributed by atoms with Crippen LogP contribution in [-0.4, -0.2) is 25.1 Å². The Morgan fingerprint density at radius 3 is 2.68 bits per heavy atom. The Kier molecular flexibility index (Phi) is 3.46. The third kappa shape index (κ3) is 2.94. The standard InChI is InChI=1S/C12H9N5OS/c1-3-13-4-2-9(1)8-19-12-17-16-11(18-12)10-7-14-5-6-15-10/h1-7H,8H2. The molecule has 3 rings (SSSR count). The second kappa shape index (κ2) is 5.57. The van der Waals surface area contributed by atoms with Crippen molar-refractivity contribution < 1.29 is 4.42 Å². The monoisotopic (exact) mass is 271 g/mol. The number of aromatic nitrogens is 5. The van der Waals surface area contributed by atoms with Crippen LogP contribution in [0.5, 0.6) is 0 Å². The zero-order chi connectivity index (χ0) is 12.9. The van der Waals surface area contributed by atoms with E-state index in [4.69, 9.17) is 4.42 Å². The van der Waals surface area contributed by atoms with Gasteiger partial charge in [0, 0.05) is 30.5 Å². The van der Waals surface area contributed by atoms with Crippen LogP contribution in [0.25, 0.3) is 11.6 Å². The predicted octanol–water partition coefficient (Wildman–Crippen LogP) is 2.21. The van der Waals surface area contributed by atoms with Gasteiger partial charge in [0.05, 0.1) is 6.20 Å². The van der Waals surface area contributed by atoms with Crippen LogP contribution in [-0.2, 0) is 5.75 Å². The van der Waals surface area contributed by atoms with Crippen molar-refractivity contribution in [3.05, 3.63) is 48.7 Å². The van der Waals surface area contributed by atoms with Gasteiger partial charge >= 0.3 is 0 Å². The number of thioether (sulfide) groups is 1. The maximum Gasteiger partial charge on any atom is 0.277 e. The van der Waals surface area contributed by atoms with E-state index in [1.54, 1.807) is 31.0 Å². The van der Waals surface area contributed by atoms with Gasteiger partial charge in [0.25, 0.3) is 11.1 Å². The molecule has 0 saturated heterocycles. The van der Waals surface area contributed by atoms with Gasteiger partial charge in [-0.05, 0) is 17.7 Å². The van der Waals surface area contributed by atoms with Gasteiger partial charge < -0.3 is 4.42 Å². The number of pyridine rings is 1. The summed E-state index contributed by atoms with van der Waals surface area (Å²) in [5.74, 6) is 1.13. The van der Waals surface area contributed by atoms with E-state index in [0.29, 0.717) is 16.8 Å². The molecule has 0 N–H and O–H groups in total. The maximum atomic E-state index is 5.51. The fourth-order valence-corrected chi connectivity index (χ4v) is 2.12. The van der Waals surface area contributed by atoms with Gasteiger partial charge in [0.15, 0.2) is 0 Å². The van der Waals surface area contributed by atoms with Crippen molar-refractivity contribution in [2.45, 2.75) is 11.0 Å². The van der Waals surface area contributed by atoms with Gasteiger partial charge in [-0.3, -0.25) is 9.97 Å². The number of rotatable bonds is 4. The summed E-state index contributed by atoms with van der Waals surface area (Å²) in [6.45, 7) is 0. The molecule has 0 saturated carbocycles. The van der Waals surface area contributed by atoms with Crippen molar-refractivity contribution in [3.8, 4) is 11.6 Å². The minimum Gasteiger partial charge on any atom is -0.410 e. The summed E-state index contributed by atoms with van der Waals surface area (Å²) in [4.78, 5) is 12.0. The first-order valence-electron chi connectivity index (χ1n) is 5.53. The highest BCUT2D eigenvalue weighted by molar-refractivity contribution is 7.98. The summed E-state index contributed by atoms with van der Waals surface area (Å²) < 4.78 is 5.51. The van der Waals surface area contributed by atoms with E-state index in [2.05, 4.69) is 25.1 Å². The Morgan fingerprint density at radius 2 is 1.89 bits per heavy atom. The van der Waals surface area contributed by atoms with Crippen molar-refractivity contribution in [2.24, 2.45) is 0 Å². The van der Waals surface area contributed by atoms with Crippen LogP contribution in [0.1, 0.15) is 5.56 Å². The van der Waals surface area contributed by atoms with Gasteiger partial charge in [-0.25, -0.2) is 4.98 Å². The zero-order valence-corrected chi connectivity index (χ0v) is 10.6. The molecule has 0 radical (unpaired) electrons. The molecule has 0 atom stereocenters. The van der Waals surface area contributed by atoms with Crippen LogP contribution in [0.15, 0.2) is 52.8 Å². The van der Waals surface area contributed by atoms with E-state index in [-0.39, 0.29) is 0 Å². The van der Waals surface area contributed by atoms with Gasteiger partial charge in [-0.15, -0.1) is 10.2 Å². The fourth-order valence-electron chi connectivity index (χ4n) is 1.41. The van der Waals surface area contributed by atoms with E-state index in [1.807, 2.05) is 12.1 Å². The minimum absolute atomic E-state index is 0.380. The Hall–Kier alpha value is -2.28. The summed E-state index contributed by atoms with van der Waals surface area (Å²) in [5.41, 5.74) is 1.73. The largest absolute Gasteiger partial charge is 0.410 e. The Bertz CT molecular complexity index is 643. The molecule has 0 bridgehead atoms. The molecule has 3 aromatic heterocycles. The molecule has 0 aliphatic rings. The van der Waals surface area contributed by atoms with Crippen molar-refractivity contribution >= 4 is 11.8 Å². The molecule has 3 aromatic rings. The van der Waals surface area contributed by atoms with E-state index >= 15 is 0 Å². The highest BCUT2D eigenvalue weighted by atomic mass is 32.2. The number of nitrogens with zero attached hydrogens (tertiary/aromatic N) is 5. The van der Waals surface area contributed by atoms with Crippen LogP contribution in [0.2, 0.25) is 0 Å². The molecular formula is C12H9N5OS. The highest BCUT2D eigenvalue weighted by Crippen LogP contribution is 2.24. The zero-order valence-electron chi connectivity index (χ0n) is 9.80. The smallest absolute Gasteiger partial charge is 0.277 e. The lowest BCUT2D eigenvalue weighted by Crippen LogP contribution is -1.83. The first-order valence-corrected chi connectivity index (χ1v) is 6.52. The lowest BCUT2D eigenvalue weighted by Gasteiger charge is -1.96. The normalized spacial score (nSPS) is 10.5. The first kappa shape index (κ1) is 11.8. The third-order valence-electron chi connectivity index (χ3n) is 2.30. The van der Waals surface area contributed by atoms with Crippen LogP contribution < -0.4 is 0 Å². The van der Waals surface area contributed by atoms with Crippen molar-refractivity contribution in [3.63, 3.8) is 0 Å². The van der Waals surface area contributed by atoms with Gasteiger partial charge in [0.2, 0.25) is 0 Å². The lowest BCUT2D eigenvalue weighted by atomic mass is 10.3. The SMILES string of the molecule is c1cc(CSc2nnc(-c3cnccn3)o2)ccn1. The molecule has 0 aromatic carbocycles. The van der Waals surface area contributed by atoms with E-state index in [1.165, 1.54) is 11.8 Å². The summed E-state index contributed by atoms with van der Waals surface area (Å²) >= 11 is 1.47. The quantitative estimate of drug-likeness (QED) is 0.673. The summed E-state index contributed by atoms with van der Waals surface area (Å²) in [6.07, 6.45) is 8.29. The predicted molar refractivity (Wildman–Crippen MR) is 69.1 cm³/mol. The molecule has 7 heteroatoms. The summed E-state index contributed by atoms with van der Waals surface area (Å²) in [5, 5.41) is 8.43. The minimum atomic E-state index is 0.380. The second-order valence-corrected chi connectivity index (χ2v) is 4.53. The van der Waals surface area contributed by atoms with E-state index < -0.39 is 0 Å². The van der Waals surface area contributed by atoms with Gasteiger partial charge in [-0.1, -0.05) is 11.8 Å². The molecule has 0 spiro atoms. The molecule has 0 fully saturated rings. The lowest BCUT2D eigenvalue weighted by molar-refractivity contribution is 0.464. The molecule has 0 unspecified atom stereocenters. The van der Waals surface area contributed by atoms with Gasteiger partial charge in [-0.2, -0.15) is 0 Å². The molecule has 94 valence electrons. The third-order valence-corrected chi connectivity index (χ3v) is 3.19. The van der Waals surface area contributed by atoms with Gasteiger partial charge in [0.1, 0.15) is 5.69 Å². The molecule has 0 aliphatic carbocycles. The molecule has 19 heavy (non-hydrogen) atoms.